The van der Waals surface area contributed by atoms with Crippen molar-refractivity contribution >= 4 is 0 Å². The molecule has 0 amide bonds. The first kappa shape index (κ1) is 14.3. The Balaban J connectivity index is 2.07. The molecule has 106 valence electrons. The molecule has 2 heteroatoms. The third kappa shape index (κ3) is 3.27. The lowest BCUT2D eigenvalue weighted by Gasteiger charge is -2.46. The second-order valence-electron chi connectivity index (χ2n) is 8.21. The smallest absolute Gasteiger partial charge is 0.119 e. The molecule has 2 unspecified atom stereocenters. The molecule has 1 aliphatic carbocycles. The zero-order chi connectivity index (χ0) is 13.4. The van der Waals surface area contributed by atoms with Gasteiger partial charge in [0.05, 0.1) is 6.61 Å². The van der Waals surface area contributed by atoms with E-state index in [1.165, 1.54) is 32.1 Å². The van der Waals surface area contributed by atoms with E-state index in [9.17, 15) is 0 Å². The molecule has 1 N–H and O–H groups in total. The predicted molar refractivity (Wildman–Crippen MR) is 76.5 cm³/mol. The molecule has 1 heterocycles. The highest BCUT2D eigenvalue weighted by Gasteiger charge is 2.42. The van der Waals surface area contributed by atoms with E-state index in [-0.39, 0.29) is 5.72 Å². The molecule has 1 aliphatic heterocycles. The molecule has 2 aliphatic rings. The van der Waals surface area contributed by atoms with Crippen LogP contribution in [-0.2, 0) is 4.74 Å². The average Bonchev–Trinajstić information content (AvgIpc) is 2.38. The van der Waals surface area contributed by atoms with E-state index in [0.29, 0.717) is 16.9 Å². The van der Waals surface area contributed by atoms with Crippen molar-refractivity contribution in [3.63, 3.8) is 0 Å². The van der Waals surface area contributed by atoms with Crippen molar-refractivity contribution in [3.8, 4) is 0 Å². The molecule has 0 bridgehead atoms. The number of hydrogen-bond acceptors (Lipinski definition) is 2. The van der Waals surface area contributed by atoms with Crippen molar-refractivity contribution in [2.45, 2.75) is 84.9 Å². The number of ether oxygens (including phenoxy) is 1. The van der Waals surface area contributed by atoms with Crippen LogP contribution in [0.15, 0.2) is 0 Å². The quantitative estimate of drug-likeness (QED) is 0.702. The Morgan fingerprint density at radius 3 is 2.44 bits per heavy atom. The van der Waals surface area contributed by atoms with Gasteiger partial charge in [-0.05, 0) is 49.4 Å². The Bertz CT molecular complexity index is 292. The van der Waals surface area contributed by atoms with Gasteiger partial charge in [-0.3, -0.25) is 5.32 Å². The van der Waals surface area contributed by atoms with Crippen molar-refractivity contribution in [2.24, 2.45) is 10.8 Å². The molecule has 2 fully saturated rings. The van der Waals surface area contributed by atoms with Gasteiger partial charge >= 0.3 is 0 Å². The molecular formula is C16H31NO. The molecule has 1 saturated heterocycles. The first-order valence-electron chi connectivity index (χ1n) is 7.64. The van der Waals surface area contributed by atoms with Gasteiger partial charge < -0.3 is 4.74 Å². The molecule has 2 atom stereocenters. The Hall–Kier alpha value is -0.0800. The van der Waals surface area contributed by atoms with Crippen molar-refractivity contribution in [3.05, 3.63) is 0 Å². The molecule has 0 radical (unpaired) electrons. The summed E-state index contributed by atoms with van der Waals surface area (Å²) in [7, 11) is 0. The van der Waals surface area contributed by atoms with Crippen LogP contribution in [0.1, 0.15) is 73.1 Å². The first-order valence-corrected chi connectivity index (χ1v) is 7.64. The molecule has 18 heavy (non-hydrogen) atoms. The lowest BCUT2D eigenvalue weighted by molar-refractivity contribution is -0.132. The normalized spacial score (nSPS) is 37.5. The number of nitrogens with one attached hydrogen (secondary N) is 1. The fourth-order valence-corrected chi connectivity index (χ4v) is 3.38. The van der Waals surface area contributed by atoms with E-state index in [1.54, 1.807) is 0 Å². The molecule has 0 aromatic carbocycles. The molecule has 2 nitrogen and oxygen atoms in total. The summed E-state index contributed by atoms with van der Waals surface area (Å²) in [6, 6.07) is 0.590. The van der Waals surface area contributed by atoms with Crippen molar-refractivity contribution in [1.29, 1.82) is 0 Å². The lowest BCUT2D eigenvalue weighted by Crippen LogP contribution is -2.60. The molecule has 0 aromatic heterocycles. The zero-order valence-electron chi connectivity index (χ0n) is 12.9. The van der Waals surface area contributed by atoms with E-state index < -0.39 is 0 Å². The van der Waals surface area contributed by atoms with E-state index >= 15 is 0 Å². The summed E-state index contributed by atoms with van der Waals surface area (Å²) in [5.41, 5.74) is 0.797. The Morgan fingerprint density at radius 1 is 1.06 bits per heavy atom. The second kappa shape index (κ2) is 4.79. The zero-order valence-corrected chi connectivity index (χ0v) is 12.9. The maximum absolute atomic E-state index is 6.19. The van der Waals surface area contributed by atoms with Gasteiger partial charge in [-0.25, -0.2) is 0 Å². The van der Waals surface area contributed by atoms with Gasteiger partial charge in [-0.1, -0.05) is 34.6 Å². The van der Waals surface area contributed by atoms with Gasteiger partial charge in [0.2, 0.25) is 0 Å². The van der Waals surface area contributed by atoms with Gasteiger partial charge in [0, 0.05) is 6.04 Å². The van der Waals surface area contributed by atoms with Crippen LogP contribution < -0.4 is 5.32 Å². The van der Waals surface area contributed by atoms with Crippen LogP contribution in [-0.4, -0.2) is 18.4 Å². The maximum atomic E-state index is 6.19. The van der Waals surface area contributed by atoms with Crippen LogP contribution in [0.3, 0.4) is 0 Å². The largest absolute Gasteiger partial charge is 0.361 e. The Labute approximate surface area is 113 Å². The minimum atomic E-state index is -0.0238. The summed E-state index contributed by atoms with van der Waals surface area (Å²) in [5, 5.41) is 3.86. The molecular weight excluding hydrogens is 222 g/mol. The highest BCUT2D eigenvalue weighted by atomic mass is 16.5. The van der Waals surface area contributed by atoms with Crippen LogP contribution in [0.25, 0.3) is 0 Å². The van der Waals surface area contributed by atoms with Gasteiger partial charge in [0.1, 0.15) is 5.72 Å². The third-order valence-corrected chi connectivity index (χ3v) is 4.91. The maximum Gasteiger partial charge on any atom is 0.119 e. The minimum absolute atomic E-state index is 0.0238. The van der Waals surface area contributed by atoms with Crippen LogP contribution in [0.5, 0.6) is 0 Å². The highest BCUT2D eigenvalue weighted by Crippen LogP contribution is 2.41. The van der Waals surface area contributed by atoms with E-state index in [1.807, 2.05) is 0 Å². The molecule has 0 aromatic rings. The lowest BCUT2D eigenvalue weighted by atomic mass is 9.82. The van der Waals surface area contributed by atoms with Crippen molar-refractivity contribution in [2.75, 3.05) is 6.61 Å². The van der Waals surface area contributed by atoms with Crippen molar-refractivity contribution in [1.82, 2.24) is 5.32 Å². The van der Waals surface area contributed by atoms with Gasteiger partial charge in [0.15, 0.2) is 0 Å². The summed E-state index contributed by atoms with van der Waals surface area (Å²) < 4.78 is 6.19. The number of rotatable bonds is 0. The van der Waals surface area contributed by atoms with Crippen LogP contribution >= 0.6 is 0 Å². The predicted octanol–water partition coefficient (Wildman–Crippen LogP) is 4.10. The minimum Gasteiger partial charge on any atom is -0.361 e. The Morgan fingerprint density at radius 2 is 1.78 bits per heavy atom. The SMILES string of the molecule is CC1(C)CCCC2(CC1)NC(C(C)(C)C)CCO2. The summed E-state index contributed by atoms with van der Waals surface area (Å²) in [4.78, 5) is 0. The van der Waals surface area contributed by atoms with E-state index in [2.05, 4.69) is 39.9 Å². The standard InChI is InChI=1S/C16H31NO/c1-14(2,3)13-7-12-18-16(17-13)9-6-8-15(4,5)10-11-16/h13,17H,6-12H2,1-5H3. The second-order valence-corrected chi connectivity index (χ2v) is 8.21. The fraction of sp³-hybridized carbons (Fsp3) is 1.00. The molecule has 1 saturated carbocycles. The molecule has 1 spiro atoms. The van der Waals surface area contributed by atoms with Crippen LogP contribution in [0.2, 0.25) is 0 Å². The average molecular weight is 253 g/mol. The van der Waals surface area contributed by atoms with Crippen LogP contribution in [0, 0.1) is 10.8 Å². The van der Waals surface area contributed by atoms with E-state index in [0.717, 1.165) is 13.0 Å². The first-order chi connectivity index (χ1) is 8.23. The highest BCUT2D eigenvalue weighted by molar-refractivity contribution is 4.94. The van der Waals surface area contributed by atoms with Gasteiger partial charge in [-0.15, -0.1) is 0 Å². The number of hydrogen-bond donors (Lipinski definition) is 1. The fourth-order valence-electron chi connectivity index (χ4n) is 3.38. The summed E-state index contributed by atoms with van der Waals surface area (Å²) in [5.74, 6) is 0. The monoisotopic (exact) mass is 253 g/mol. The third-order valence-electron chi connectivity index (χ3n) is 4.91. The van der Waals surface area contributed by atoms with Crippen LogP contribution in [0.4, 0.5) is 0 Å². The summed E-state index contributed by atoms with van der Waals surface area (Å²) in [6.45, 7) is 12.7. The van der Waals surface area contributed by atoms with Crippen molar-refractivity contribution < 1.29 is 4.74 Å². The van der Waals surface area contributed by atoms with Gasteiger partial charge in [-0.2, -0.15) is 0 Å². The van der Waals surface area contributed by atoms with E-state index in [4.69, 9.17) is 4.74 Å². The Kier molecular flexibility index (Phi) is 3.81. The topological polar surface area (TPSA) is 21.3 Å². The molecule has 2 rings (SSSR count). The summed E-state index contributed by atoms with van der Waals surface area (Å²) in [6.07, 6.45) is 7.40. The van der Waals surface area contributed by atoms with Gasteiger partial charge in [0.25, 0.3) is 0 Å². The summed E-state index contributed by atoms with van der Waals surface area (Å²) >= 11 is 0.